The molecule has 1 unspecified atom stereocenters. The van der Waals surface area contributed by atoms with Gasteiger partial charge in [0.1, 0.15) is 10.3 Å². The van der Waals surface area contributed by atoms with Crippen molar-refractivity contribution in [1.29, 1.82) is 0 Å². The Bertz CT molecular complexity index is 373. The minimum Gasteiger partial charge on any atom is -0.465 e. The average molecular weight is 318 g/mol. The number of rotatable bonds is 6. The summed E-state index contributed by atoms with van der Waals surface area (Å²) in [6.07, 6.45) is 3.47. The smallest absolute Gasteiger partial charge is 0.319 e. The predicted octanol–water partition coefficient (Wildman–Crippen LogP) is 3.67. The lowest BCUT2D eigenvalue weighted by Crippen LogP contribution is -2.20. The highest BCUT2D eigenvalue weighted by molar-refractivity contribution is 9.10. The summed E-state index contributed by atoms with van der Waals surface area (Å²) in [7, 11) is 0. The molecule has 0 radical (unpaired) electrons. The molecule has 17 heavy (non-hydrogen) atoms. The van der Waals surface area contributed by atoms with E-state index in [2.05, 4.69) is 27.8 Å². The normalized spacial score (nSPS) is 12.2. The SMILES string of the molecule is CCCC(Sc1ncccc1Br)C(=O)OCC. The summed E-state index contributed by atoms with van der Waals surface area (Å²) in [6, 6.07) is 3.77. The summed E-state index contributed by atoms with van der Waals surface area (Å²) in [5.41, 5.74) is 0. The van der Waals surface area contributed by atoms with Crippen LogP contribution >= 0.6 is 27.7 Å². The molecular formula is C12H16BrNO2S. The van der Waals surface area contributed by atoms with Crippen molar-refractivity contribution in [2.24, 2.45) is 0 Å². The van der Waals surface area contributed by atoms with E-state index in [1.54, 1.807) is 6.20 Å². The zero-order valence-electron chi connectivity index (χ0n) is 9.98. The molecule has 5 heteroatoms. The number of halogens is 1. The molecule has 0 N–H and O–H groups in total. The molecule has 1 rings (SSSR count). The Morgan fingerprint density at radius 3 is 2.94 bits per heavy atom. The molecule has 1 heterocycles. The number of ether oxygens (including phenoxy) is 1. The van der Waals surface area contributed by atoms with E-state index >= 15 is 0 Å². The molecule has 0 saturated heterocycles. The highest BCUT2D eigenvalue weighted by atomic mass is 79.9. The van der Waals surface area contributed by atoms with Gasteiger partial charge in [-0.1, -0.05) is 25.1 Å². The third-order valence-electron chi connectivity index (χ3n) is 2.08. The van der Waals surface area contributed by atoms with Gasteiger partial charge in [-0.3, -0.25) is 4.79 Å². The van der Waals surface area contributed by atoms with Crippen molar-refractivity contribution in [3.05, 3.63) is 22.8 Å². The van der Waals surface area contributed by atoms with E-state index in [4.69, 9.17) is 4.74 Å². The van der Waals surface area contributed by atoms with Crippen LogP contribution in [0.25, 0.3) is 0 Å². The molecule has 1 atom stereocenters. The molecule has 94 valence electrons. The summed E-state index contributed by atoms with van der Waals surface area (Å²) in [4.78, 5) is 16.0. The highest BCUT2D eigenvalue weighted by Crippen LogP contribution is 2.30. The van der Waals surface area contributed by atoms with Crippen molar-refractivity contribution >= 4 is 33.7 Å². The van der Waals surface area contributed by atoms with E-state index in [1.165, 1.54) is 11.8 Å². The molecule has 0 aliphatic carbocycles. The Balaban J connectivity index is 2.73. The monoisotopic (exact) mass is 317 g/mol. The van der Waals surface area contributed by atoms with Gasteiger partial charge in [-0.05, 0) is 41.4 Å². The number of thioether (sulfide) groups is 1. The van der Waals surface area contributed by atoms with Crippen molar-refractivity contribution in [2.45, 2.75) is 37.0 Å². The number of esters is 1. The van der Waals surface area contributed by atoms with E-state index in [-0.39, 0.29) is 11.2 Å². The summed E-state index contributed by atoms with van der Waals surface area (Å²) >= 11 is 4.88. The van der Waals surface area contributed by atoms with Crippen LogP contribution in [0.4, 0.5) is 0 Å². The number of aromatic nitrogens is 1. The van der Waals surface area contributed by atoms with Crippen molar-refractivity contribution in [3.8, 4) is 0 Å². The van der Waals surface area contributed by atoms with Crippen LogP contribution in [-0.4, -0.2) is 22.8 Å². The van der Waals surface area contributed by atoms with Gasteiger partial charge in [0.2, 0.25) is 0 Å². The van der Waals surface area contributed by atoms with E-state index in [0.717, 1.165) is 22.3 Å². The van der Waals surface area contributed by atoms with Crippen molar-refractivity contribution in [2.75, 3.05) is 6.61 Å². The molecule has 3 nitrogen and oxygen atoms in total. The molecule has 1 aromatic rings. The molecular weight excluding hydrogens is 302 g/mol. The minimum atomic E-state index is -0.175. The zero-order valence-corrected chi connectivity index (χ0v) is 12.4. The second-order valence-electron chi connectivity index (χ2n) is 3.44. The Labute approximate surface area is 114 Å². The molecule has 1 aromatic heterocycles. The highest BCUT2D eigenvalue weighted by Gasteiger charge is 2.21. The van der Waals surface area contributed by atoms with Gasteiger partial charge in [0.25, 0.3) is 0 Å². The van der Waals surface area contributed by atoms with Crippen molar-refractivity contribution < 1.29 is 9.53 Å². The summed E-state index contributed by atoms with van der Waals surface area (Å²) in [5, 5.41) is 0.658. The van der Waals surface area contributed by atoms with Gasteiger partial charge in [-0.25, -0.2) is 4.98 Å². The van der Waals surface area contributed by atoms with E-state index in [9.17, 15) is 4.79 Å². The number of carbonyl (C=O) groups excluding carboxylic acids is 1. The molecule has 0 aliphatic heterocycles. The molecule has 0 aromatic carbocycles. The van der Waals surface area contributed by atoms with Crippen LogP contribution in [0.5, 0.6) is 0 Å². The lowest BCUT2D eigenvalue weighted by Gasteiger charge is -2.14. The van der Waals surface area contributed by atoms with Gasteiger partial charge < -0.3 is 4.74 Å². The number of nitrogens with zero attached hydrogens (tertiary/aromatic N) is 1. The first kappa shape index (κ1) is 14.5. The first-order valence-corrected chi connectivity index (χ1v) is 7.30. The number of pyridine rings is 1. The van der Waals surface area contributed by atoms with Crippen LogP contribution in [0.3, 0.4) is 0 Å². The fourth-order valence-corrected chi connectivity index (χ4v) is 2.94. The van der Waals surface area contributed by atoms with Crippen LogP contribution in [0.1, 0.15) is 26.7 Å². The molecule has 0 bridgehead atoms. The van der Waals surface area contributed by atoms with Gasteiger partial charge in [0, 0.05) is 10.7 Å². The Hall–Kier alpha value is -0.550. The fraction of sp³-hybridized carbons (Fsp3) is 0.500. The van der Waals surface area contributed by atoms with Crippen LogP contribution in [0, 0.1) is 0 Å². The third kappa shape index (κ3) is 4.68. The lowest BCUT2D eigenvalue weighted by atomic mass is 10.2. The van der Waals surface area contributed by atoms with Gasteiger partial charge in [0.15, 0.2) is 0 Å². The summed E-state index contributed by atoms with van der Waals surface area (Å²) in [5.74, 6) is -0.156. The predicted molar refractivity (Wildman–Crippen MR) is 73.1 cm³/mol. The zero-order chi connectivity index (χ0) is 12.7. The number of hydrogen-bond acceptors (Lipinski definition) is 4. The molecule has 0 amide bonds. The van der Waals surface area contributed by atoms with E-state index < -0.39 is 0 Å². The molecule has 0 fully saturated rings. The minimum absolute atomic E-state index is 0.156. The van der Waals surface area contributed by atoms with Crippen LogP contribution in [0.2, 0.25) is 0 Å². The van der Waals surface area contributed by atoms with Crippen molar-refractivity contribution in [3.63, 3.8) is 0 Å². The van der Waals surface area contributed by atoms with Gasteiger partial charge in [-0.2, -0.15) is 0 Å². The summed E-state index contributed by atoms with van der Waals surface area (Å²) in [6.45, 7) is 4.30. The van der Waals surface area contributed by atoms with Gasteiger partial charge in [-0.15, -0.1) is 0 Å². The quantitative estimate of drug-likeness (QED) is 0.593. The second kappa shape index (κ2) is 7.71. The largest absolute Gasteiger partial charge is 0.465 e. The van der Waals surface area contributed by atoms with Crippen LogP contribution in [-0.2, 0) is 9.53 Å². The first-order valence-electron chi connectivity index (χ1n) is 5.62. The van der Waals surface area contributed by atoms with Gasteiger partial charge in [0.05, 0.1) is 6.61 Å². The number of hydrogen-bond donors (Lipinski definition) is 0. The maximum atomic E-state index is 11.8. The maximum absolute atomic E-state index is 11.8. The lowest BCUT2D eigenvalue weighted by molar-refractivity contribution is -0.142. The third-order valence-corrected chi connectivity index (χ3v) is 4.24. The first-order chi connectivity index (χ1) is 8.19. The Morgan fingerprint density at radius 2 is 2.35 bits per heavy atom. The van der Waals surface area contributed by atoms with E-state index in [0.29, 0.717) is 6.61 Å². The van der Waals surface area contributed by atoms with Crippen molar-refractivity contribution in [1.82, 2.24) is 4.98 Å². The topological polar surface area (TPSA) is 39.2 Å². The molecule has 0 saturated carbocycles. The summed E-state index contributed by atoms with van der Waals surface area (Å²) < 4.78 is 5.98. The Kier molecular flexibility index (Phi) is 6.58. The second-order valence-corrected chi connectivity index (χ2v) is 5.48. The average Bonchev–Trinajstić information content (AvgIpc) is 2.31. The van der Waals surface area contributed by atoms with E-state index in [1.807, 2.05) is 19.1 Å². The standard InChI is InChI=1S/C12H16BrNO2S/c1-3-6-10(12(15)16-4-2)17-11-9(13)7-5-8-14-11/h5,7-8,10H,3-4,6H2,1-2H3. The Morgan fingerprint density at radius 1 is 1.59 bits per heavy atom. The fourth-order valence-electron chi connectivity index (χ4n) is 1.31. The number of carbonyl (C=O) groups is 1. The molecule has 0 spiro atoms. The van der Waals surface area contributed by atoms with Gasteiger partial charge >= 0.3 is 5.97 Å². The van der Waals surface area contributed by atoms with Crippen LogP contribution in [0.15, 0.2) is 27.8 Å². The van der Waals surface area contributed by atoms with Crippen LogP contribution < -0.4 is 0 Å². The molecule has 0 aliphatic rings. The maximum Gasteiger partial charge on any atom is 0.319 e.